The molecule has 0 spiro atoms. The summed E-state index contributed by atoms with van der Waals surface area (Å²) in [4.78, 5) is 7.41. The predicted molar refractivity (Wildman–Crippen MR) is 70.7 cm³/mol. The quantitative estimate of drug-likeness (QED) is 0.623. The second-order valence-corrected chi connectivity index (χ2v) is 4.19. The monoisotopic (exact) mass is 223 g/mol. The third-order valence-electron chi connectivity index (χ3n) is 2.90. The van der Waals surface area contributed by atoms with E-state index in [0.29, 0.717) is 0 Å². The van der Waals surface area contributed by atoms with Crippen LogP contribution in [-0.2, 0) is 0 Å². The Morgan fingerprint density at radius 1 is 1.18 bits per heavy atom. The molecule has 84 valence electrons. The lowest BCUT2D eigenvalue weighted by molar-refractivity contribution is 1.20. The fourth-order valence-corrected chi connectivity index (χ4v) is 2.14. The minimum absolute atomic E-state index is 0.768. The van der Waals surface area contributed by atoms with Gasteiger partial charge >= 0.3 is 0 Å². The zero-order valence-corrected chi connectivity index (χ0v) is 9.57. The lowest BCUT2D eigenvalue weighted by Gasteiger charge is -2.06. The van der Waals surface area contributed by atoms with Gasteiger partial charge in [0.15, 0.2) is 0 Å². The van der Waals surface area contributed by atoms with Crippen LogP contribution < -0.4 is 5.73 Å². The number of hydrogen-bond acceptors (Lipinski definition) is 2. The van der Waals surface area contributed by atoms with E-state index in [0.717, 1.165) is 28.0 Å². The second-order valence-electron chi connectivity index (χ2n) is 4.19. The van der Waals surface area contributed by atoms with Gasteiger partial charge in [0.25, 0.3) is 0 Å². The van der Waals surface area contributed by atoms with Crippen LogP contribution in [0, 0.1) is 6.92 Å². The number of aromatic amines is 1. The molecule has 3 nitrogen and oxygen atoms in total. The van der Waals surface area contributed by atoms with E-state index < -0.39 is 0 Å². The number of anilines is 1. The van der Waals surface area contributed by atoms with Gasteiger partial charge in [-0.15, -0.1) is 0 Å². The third kappa shape index (κ3) is 1.65. The molecule has 1 aromatic carbocycles. The number of nitrogen functional groups attached to an aromatic ring is 1. The van der Waals surface area contributed by atoms with Gasteiger partial charge < -0.3 is 10.7 Å². The number of hydrogen-bond donors (Lipinski definition) is 2. The molecule has 0 atom stereocenters. The molecule has 3 N–H and O–H groups in total. The fraction of sp³-hybridized carbons (Fsp3) is 0.0714. The molecular formula is C14H13N3. The first-order valence-electron chi connectivity index (χ1n) is 5.54. The molecule has 0 aliphatic carbocycles. The maximum Gasteiger partial charge on any atom is 0.0480 e. The molecule has 0 fully saturated rings. The maximum absolute atomic E-state index is 5.92. The highest BCUT2D eigenvalue weighted by molar-refractivity contribution is 5.97. The van der Waals surface area contributed by atoms with Gasteiger partial charge in [-0.3, -0.25) is 4.98 Å². The van der Waals surface area contributed by atoms with Crippen molar-refractivity contribution in [1.82, 2.24) is 9.97 Å². The van der Waals surface area contributed by atoms with Crippen LogP contribution in [0.25, 0.3) is 22.0 Å². The Kier molecular flexibility index (Phi) is 2.11. The molecule has 2 heterocycles. The normalized spacial score (nSPS) is 10.9. The van der Waals surface area contributed by atoms with E-state index in [1.165, 1.54) is 5.39 Å². The SMILES string of the molecule is Cc1cc(-c2cc(N)cc3[nH]ccc23)ccn1. The molecule has 0 bridgehead atoms. The van der Waals surface area contributed by atoms with E-state index in [4.69, 9.17) is 5.73 Å². The standard InChI is InChI=1S/C14H13N3/c1-9-6-10(2-4-16-9)13-7-11(15)8-14-12(13)3-5-17-14/h2-8,17H,15H2,1H3. The minimum Gasteiger partial charge on any atom is -0.399 e. The van der Waals surface area contributed by atoms with Gasteiger partial charge in [0.2, 0.25) is 0 Å². The van der Waals surface area contributed by atoms with Crippen molar-refractivity contribution in [1.29, 1.82) is 0 Å². The molecule has 0 aliphatic heterocycles. The molecule has 0 saturated heterocycles. The molecule has 3 heteroatoms. The number of aromatic nitrogens is 2. The number of aryl methyl sites for hydroxylation is 1. The highest BCUT2D eigenvalue weighted by Crippen LogP contribution is 2.30. The van der Waals surface area contributed by atoms with Gasteiger partial charge in [-0.2, -0.15) is 0 Å². The number of nitrogens with zero attached hydrogens (tertiary/aromatic N) is 1. The Balaban J connectivity index is 2.32. The van der Waals surface area contributed by atoms with Crippen molar-refractivity contribution in [3.05, 3.63) is 48.4 Å². The van der Waals surface area contributed by atoms with Crippen LogP contribution in [0.15, 0.2) is 42.7 Å². The molecule has 0 amide bonds. The molecular weight excluding hydrogens is 210 g/mol. The highest BCUT2D eigenvalue weighted by Gasteiger charge is 2.06. The Bertz CT molecular complexity index is 683. The van der Waals surface area contributed by atoms with E-state index >= 15 is 0 Å². The maximum atomic E-state index is 5.92. The van der Waals surface area contributed by atoms with Crippen LogP contribution >= 0.6 is 0 Å². The molecule has 0 saturated carbocycles. The average Bonchev–Trinajstić information content (AvgIpc) is 2.75. The Morgan fingerprint density at radius 2 is 2.06 bits per heavy atom. The summed E-state index contributed by atoms with van der Waals surface area (Å²) in [5.41, 5.74) is 11.1. The molecule has 3 aromatic rings. The van der Waals surface area contributed by atoms with Crippen LogP contribution in [-0.4, -0.2) is 9.97 Å². The number of benzene rings is 1. The molecule has 3 rings (SSSR count). The molecule has 0 radical (unpaired) electrons. The first-order valence-corrected chi connectivity index (χ1v) is 5.54. The van der Waals surface area contributed by atoms with Crippen molar-refractivity contribution in [3.63, 3.8) is 0 Å². The zero-order chi connectivity index (χ0) is 11.8. The molecule has 0 unspecified atom stereocenters. The Labute approximate surface area is 99.3 Å². The van der Waals surface area contributed by atoms with Crippen molar-refractivity contribution in [2.75, 3.05) is 5.73 Å². The van der Waals surface area contributed by atoms with E-state index in [2.05, 4.69) is 22.1 Å². The van der Waals surface area contributed by atoms with Gasteiger partial charge in [0.05, 0.1) is 0 Å². The smallest absolute Gasteiger partial charge is 0.0480 e. The fourth-order valence-electron chi connectivity index (χ4n) is 2.14. The summed E-state index contributed by atoms with van der Waals surface area (Å²) >= 11 is 0. The van der Waals surface area contributed by atoms with Gasteiger partial charge in [-0.25, -0.2) is 0 Å². The van der Waals surface area contributed by atoms with E-state index in [1.807, 2.05) is 37.5 Å². The lowest BCUT2D eigenvalue weighted by Crippen LogP contribution is -1.88. The van der Waals surface area contributed by atoms with Crippen molar-refractivity contribution >= 4 is 16.6 Å². The number of H-pyrrole nitrogens is 1. The van der Waals surface area contributed by atoms with Crippen LogP contribution in [0.5, 0.6) is 0 Å². The Morgan fingerprint density at radius 3 is 2.88 bits per heavy atom. The number of rotatable bonds is 1. The molecule has 17 heavy (non-hydrogen) atoms. The van der Waals surface area contributed by atoms with Crippen LogP contribution in [0.1, 0.15) is 5.69 Å². The van der Waals surface area contributed by atoms with Gasteiger partial charge in [0, 0.05) is 34.7 Å². The summed E-state index contributed by atoms with van der Waals surface area (Å²) in [6.45, 7) is 1.99. The summed E-state index contributed by atoms with van der Waals surface area (Å²) in [5.74, 6) is 0. The van der Waals surface area contributed by atoms with Gasteiger partial charge in [-0.1, -0.05) is 0 Å². The number of pyridine rings is 1. The first-order chi connectivity index (χ1) is 8.24. The van der Waals surface area contributed by atoms with Crippen LogP contribution in [0.3, 0.4) is 0 Å². The van der Waals surface area contributed by atoms with Gasteiger partial charge in [-0.05, 0) is 48.4 Å². The van der Waals surface area contributed by atoms with Crippen LogP contribution in [0.2, 0.25) is 0 Å². The topological polar surface area (TPSA) is 54.7 Å². The van der Waals surface area contributed by atoms with E-state index in [1.54, 1.807) is 0 Å². The van der Waals surface area contributed by atoms with Crippen LogP contribution in [0.4, 0.5) is 5.69 Å². The van der Waals surface area contributed by atoms with Crippen molar-refractivity contribution in [2.24, 2.45) is 0 Å². The lowest BCUT2D eigenvalue weighted by atomic mass is 10.0. The highest BCUT2D eigenvalue weighted by atomic mass is 14.7. The van der Waals surface area contributed by atoms with Crippen molar-refractivity contribution in [2.45, 2.75) is 6.92 Å². The number of nitrogens with two attached hydrogens (primary N) is 1. The second kappa shape index (κ2) is 3.63. The van der Waals surface area contributed by atoms with Crippen molar-refractivity contribution in [3.8, 4) is 11.1 Å². The summed E-state index contributed by atoms with van der Waals surface area (Å²) in [7, 11) is 0. The minimum atomic E-state index is 0.768. The molecule has 2 aromatic heterocycles. The average molecular weight is 223 g/mol. The summed E-state index contributed by atoms with van der Waals surface area (Å²) in [5, 5.41) is 1.18. The number of fused-ring (bicyclic) bond motifs is 1. The largest absolute Gasteiger partial charge is 0.399 e. The first kappa shape index (κ1) is 9.90. The Hall–Kier alpha value is -2.29. The summed E-state index contributed by atoms with van der Waals surface area (Å²) < 4.78 is 0. The zero-order valence-electron chi connectivity index (χ0n) is 9.57. The van der Waals surface area contributed by atoms with Gasteiger partial charge in [0.1, 0.15) is 0 Å². The third-order valence-corrected chi connectivity index (χ3v) is 2.90. The summed E-state index contributed by atoms with van der Waals surface area (Å²) in [6.07, 6.45) is 3.76. The van der Waals surface area contributed by atoms with E-state index in [9.17, 15) is 0 Å². The summed E-state index contributed by atoms with van der Waals surface area (Å²) in [6, 6.07) is 10.1. The van der Waals surface area contributed by atoms with E-state index in [-0.39, 0.29) is 0 Å². The predicted octanol–water partition coefficient (Wildman–Crippen LogP) is 3.12. The number of nitrogens with one attached hydrogen (secondary N) is 1. The molecule has 0 aliphatic rings. The van der Waals surface area contributed by atoms with Crippen molar-refractivity contribution < 1.29 is 0 Å².